The van der Waals surface area contributed by atoms with Crippen molar-refractivity contribution in [2.45, 2.75) is 32.1 Å². The maximum absolute atomic E-state index is 11.7. The molecule has 24 heavy (non-hydrogen) atoms. The van der Waals surface area contributed by atoms with Crippen LogP contribution in [0.1, 0.15) is 30.6 Å². The van der Waals surface area contributed by atoms with E-state index in [0.29, 0.717) is 5.75 Å². The lowest BCUT2D eigenvalue weighted by molar-refractivity contribution is -0.140. The van der Waals surface area contributed by atoms with Crippen molar-refractivity contribution in [3.8, 4) is 5.75 Å². The molecule has 1 N–H and O–H groups in total. The highest BCUT2D eigenvalue weighted by molar-refractivity contribution is 5.84. The van der Waals surface area contributed by atoms with Crippen LogP contribution in [-0.2, 0) is 27.2 Å². The fraction of sp³-hybridized carbons (Fsp3) is 0.444. The number of fused-ring (bicyclic) bond motifs is 3. The zero-order valence-corrected chi connectivity index (χ0v) is 13.7. The van der Waals surface area contributed by atoms with Crippen LogP contribution in [0.4, 0.5) is 0 Å². The number of amides is 1. The number of rotatable bonds is 6. The normalized spacial score (nSPS) is 13.4. The van der Waals surface area contributed by atoms with Crippen LogP contribution in [0.2, 0.25) is 0 Å². The maximum Gasteiger partial charge on any atom is 0.307 e. The van der Waals surface area contributed by atoms with Gasteiger partial charge < -0.3 is 19.2 Å². The van der Waals surface area contributed by atoms with Crippen molar-refractivity contribution in [2.24, 2.45) is 0 Å². The van der Waals surface area contributed by atoms with Crippen molar-refractivity contribution in [3.63, 3.8) is 0 Å². The predicted octanol–water partition coefficient (Wildman–Crippen LogP) is 2.37. The van der Waals surface area contributed by atoms with Gasteiger partial charge in [0.1, 0.15) is 17.1 Å². The summed E-state index contributed by atoms with van der Waals surface area (Å²) in [5.74, 6) is 1.09. The van der Waals surface area contributed by atoms with Gasteiger partial charge in [-0.1, -0.05) is 0 Å². The molecule has 0 saturated heterocycles. The van der Waals surface area contributed by atoms with E-state index in [-0.39, 0.29) is 31.4 Å². The van der Waals surface area contributed by atoms with E-state index in [0.717, 1.165) is 29.6 Å². The standard InChI is InChI=1S/C18H21NO5/c1-22-18(21)8-9-19-17(20)11-23-12-6-7-16-14(10-12)13-4-2-3-5-15(13)24-16/h6-7,10H,2-5,8-9,11H2,1H3,(H,19,20). The molecule has 3 rings (SSSR count). The maximum atomic E-state index is 11.7. The van der Waals surface area contributed by atoms with Crippen LogP contribution in [0.15, 0.2) is 22.6 Å². The summed E-state index contributed by atoms with van der Waals surface area (Å²) in [5.41, 5.74) is 2.14. The fourth-order valence-electron chi connectivity index (χ4n) is 2.94. The van der Waals surface area contributed by atoms with Crippen LogP contribution >= 0.6 is 0 Å². The number of carbonyl (C=O) groups is 2. The third kappa shape index (κ3) is 3.69. The second kappa shape index (κ2) is 7.38. The van der Waals surface area contributed by atoms with Gasteiger partial charge in [0.15, 0.2) is 6.61 Å². The number of methoxy groups -OCH3 is 1. The van der Waals surface area contributed by atoms with Gasteiger partial charge in [0.05, 0.1) is 13.5 Å². The molecule has 0 radical (unpaired) electrons. The average molecular weight is 331 g/mol. The Bertz CT molecular complexity index is 749. The van der Waals surface area contributed by atoms with Gasteiger partial charge in [-0.3, -0.25) is 9.59 Å². The van der Waals surface area contributed by atoms with E-state index in [4.69, 9.17) is 9.15 Å². The monoisotopic (exact) mass is 331 g/mol. The SMILES string of the molecule is COC(=O)CCNC(=O)COc1ccc2oc3c(c2c1)CCCC3. The summed E-state index contributed by atoms with van der Waals surface area (Å²) in [4.78, 5) is 22.7. The Balaban J connectivity index is 1.57. The van der Waals surface area contributed by atoms with E-state index >= 15 is 0 Å². The van der Waals surface area contributed by atoms with E-state index in [9.17, 15) is 9.59 Å². The minimum Gasteiger partial charge on any atom is -0.484 e. The van der Waals surface area contributed by atoms with Gasteiger partial charge in [-0.05, 0) is 37.5 Å². The van der Waals surface area contributed by atoms with E-state index in [2.05, 4.69) is 10.1 Å². The molecule has 0 atom stereocenters. The predicted molar refractivity (Wildman–Crippen MR) is 88.0 cm³/mol. The number of hydrogen-bond donors (Lipinski definition) is 1. The molecule has 1 heterocycles. The van der Waals surface area contributed by atoms with E-state index in [1.165, 1.54) is 25.5 Å². The van der Waals surface area contributed by atoms with Crippen LogP contribution in [0, 0.1) is 0 Å². The molecule has 0 fully saturated rings. The fourth-order valence-corrected chi connectivity index (χ4v) is 2.94. The summed E-state index contributed by atoms with van der Waals surface area (Å²) in [6, 6.07) is 5.63. The minimum absolute atomic E-state index is 0.0906. The Labute approximate surface area is 140 Å². The van der Waals surface area contributed by atoms with E-state index in [1.807, 2.05) is 12.1 Å². The van der Waals surface area contributed by atoms with Gasteiger partial charge in [-0.25, -0.2) is 0 Å². The number of hydrogen-bond acceptors (Lipinski definition) is 5. The molecular weight excluding hydrogens is 310 g/mol. The molecule has 0 aliphatic heterocycles. The third-order valence-corrected chi connectivity index (χ3v) is 4.18. The Kier molecular flexibility index (Phi) is 5.03. The zero-order chi connectivity index (χ0) is 16.9. The number of benzene rings is 1. The third-order valence-electron chi connectivity index (χ3n) is 4.18. The molecule has 1 aromatic carbocycles. The molecule has 2 aromatic rings. The Morgan fingerprint density at radius 2 is 2.08 bits per heavy atom. The Morgan fingerprint density at radius 1 is 1.25 bits per heavy atom. The molecular formula is C18H21NO5. The molecule has 1 aliphatic carbocycles. The van der Waals surface area contributed by atoms with Crippen molar-refractivity contribution in [3.05, 3.63) is 29.5 Å². The van der Waals surface area contributed by atoms with Gasteiger partial charge in [-0.15, -0.1) is 0 Å². The molecule has 1 aromatic heterocycles. The molecule has 128 valence electrons. The van der Waals surface area contributed by atoms with Gasteiger partial charge in [-0.2, -0.15) is 0 Å². The smallest absolute Gasteiger partial charge is 0.307 e. The lowest BCUT2D eigenvalue weighted by Gasteiger charge is -2.09. The quantitative estimate of drug-likeness (QED) is 0.822. The molecule has 0 spiro atoms. The van der Waals surface area contributed by atoms with Crippen molar-refractivity contribution in [2.75, 3.05) is 20.3 Å². The summed E-state index contributed by atoms with van der Waals surface area (Å²) in [7, 11) is 1.32. The van der Waals surface area contributed by atoms with Crippen LogP contribution in [0.5, 0.6) is 5.75 Å². The first-order valence-corrected chi connectivity index (χ1v) is 8.18. The summed E-state index contributed by atoms with van der Waals surface area (Å²) in [6.07, 6.45) is 4.51. The second-order valence-electron chi connectivity index (χ2n) is 5.83. The van der Waals surface area contributed by atoms with Gasteiger partial charge in [0, 0.05) is 23.9 Å². The average Bonchev–Trinajstić information content (AvgIpc) is 2.97. The van der Waals surface area contributed by atoms with Gasteiger partial charge in [0.25, 0.3) is 5.91 Å². The summed E-state index contributed by atoms with van der Waals surface area (Å²) in [5, 5.41) is 3.69. The van der Waals surface area contributed by atoms with Crippen molar-refractivity contribution in [1.29, 1.82) is 0 Å². The first-order chi connectivity index (χ1) is 11.7. The topological polar surface area (TPSA) is 77.8 Å². The first-order valence-electron chi connectivity index (χ1n) is 8.18. The Hall–Kier alpha value is -2.50. The number of carbonyl (C=O) groups excluding carboxylic acids is 2. The van der Waals surface area contributed by atoms with Gasteiger partial charge >= 0.3 is 5.97 Å². The molecule has 1 aliphatic rings. The number of esters is 1. The molecule has 1 amide bonds. The van der Waals surface area contributed by atoms with E-state index < -0.39 is 0 Å². The highest BCUT2D eigenvalue weighted by Crippen LogP contribution is 2.33. The summed E-state index contributed by atoms with van der Waals surface area (Å²) < 4.78 is 15.9. The molecule has 0 unspecified atom stereocenters. The second-order valence-corrected chi connectivity index (χ2v) is 5.83. The van der Waals surface area contributed by atoms with Crippen LogP contribution in [0.3, 0.4) is 0 Å². The minimum atomic E-state index is -0.355. The van der Waals surface area contributed by atoms with Gasteiger partial charge in [0.2, 0.25) is 0 Å². The molecule has 0 saturated carbocycles. The molecule has 6 heteroatoms. The lowest BCUT2D eigenvalue weighted by atomic mass is 9.96. The number of furan rings is 1. The summed E-state index contributed by atoms with van der Waals surface area (Å²) >= 11 is 0. The first kappa shape index (κ1) is 16.4. The van der Waals surface area contributed by atoms with E-state index in [1.54, 1.807) is 6.07 Å². The largest absolute Gasteiger partial charge is 0.484 e. The van der Waals surface area contributed by atoms with Crippen molar-refractivity contribution >= 4 is 22.8 Å². The number of ether oxygens (including phenoxy) is 2. The number of aryl methyl sites for hydroxylation is 2. The van der Waals surface area contributed by atoms with Crippen LogP contribution < -0.4 is 10.1 Å². The molecule has 6 nitrogen and oxygen atoms in total. The van der Waals surface area contributed by atoms with Crippen LogP contribution in [0.25, 0.3) is 11.0 Å². The van der Waals surface area contributed by atoms with Crippen molar-refractivity contribution in [1.82, 2.24) is 5.32 Å². The summed E-state index contributed by atoms with van der Waals surface area (Å²) in [6.45, 7) is 0.149. The highest BCUT2D eigenvalue weighted by Gasteiger charge is 2.18. The number of nitrogens with one attached hydrogen (secondary N) is 1. The Morgan fingerprint density at radius 3 is 2.92 bits per heavy atom. The van der Waals surface area contributed by atoms with Crippen LogP contribution in [-0.4, -0.2) is 32.1 Å². The van der Waals surface area contributed by atoms with Crippen molar-refractivity contribution < 1.29 is 23.5 Å². The highest BCUT2D eigenvalue weighted by atomic mass is 16.5. The zero-order valence-electron chi connectivity index (χ0n) is 13.7. The molecule has 0 bridgehead atoms. The lowest BCUT2D eigenvalue weighted by Crippen LogP contribution is -2.30.